The fraction of sp³-hybridized carbons (Fsp3) is 0.522. The van der Waals surface area contributed by atoms with Crippen molar-refractivity contribution in [2.75, 3.05) is 7.11 Å². The number of methoxy groups -OCH3 is 1. The van der Waals surface area contributed by atoms with Crippen LogP contribution in [0.4, 0.5) is 9.59 Å². The summed E-state index contributed by atoms with van der Waals surface area (Å²) in [6, 6.07) is 4.58. The molecule has 1 amide bonds. The van der Waals surface area contributed by atoms with E-state index in [9.17, 15) is 14.4 Å². The first-order valence-corrected chi connectivity index (χ1v) is 10.1. The summed E-state index contributed by atoms with van der Waals surface area (Å²) in [5.41, 5.74) is 0.907. The first-order valence-electron chi connectivity index (χ1n) is 10.1. The minimum atomic E-state index is -0.989. The lowest BCUT2D eigenvalue weighted by Crippen LogP contribution is -2.45. The van der Waals surface area contributed by atoms with E-state index in [1.165, 1.54) is 11.7 Å². The number of hydrogen-bond donors (Lipinski definition) is 1. The van der Waals surface area contributed by atoms with Crippen LogP contribution in [0.25, 0.3) is 10.9 Å². The number of carbonyl (C=O) groups is 3. The Morgan fingerprint density at radius 2 is 1.65 bits per heavy atom. The fourth-order valence-electron chi connectivity index (χ4n) is 3.18. The van der Waals surface area contributed by atoms with Crippen LogP contribution in [0, 0.1) is 6.92 Å². The van der Waals surface area contributed by atoms with Gasteiger partial charge in [0, 0.05) is 18.0 Å². The Hall–Kier alpha value is -3.03. The maximum absolute atomic E-state index is 12.8. The Labute approximate surface area is 182 Å². The lowest BCUT2D eigenvalue weighted by molar-refractivity contribution is -0.143. The highest BCUT2D eigenvalue weighted by Gasteiger charge is 2.28. The first-order chi connectivity index (χ1) is 14.2. The van der Waals surface area contributed by atoms with E-state index < -0.39 is 35.4 Å². The van der Waals surface area contributed by atoms with Gasteiger partial charge in [0.1, 0.15) is 17.2 Å². The van der Waals surface area contributed by atoms with Gasteiger partial charge in [0.05, 0.1) is 12.6 Å². The number of nitrogens with one attached hydrogen (secondary N) is 1. The van der Waals surface area contributed by atoms with Gasteiger partial charge >= 0.3 is 18.2 Å². The average Bonchev–Trinajstić information content (AvgIpc) is 2.97. The number of nitrogens with zero attached hydrogens (tertiary/aromatic N) is 1. The molecule has 0 saturated carbocycles. The molecular formula is C23H32N2O6. The number of esters is 1. The number of rotatable bonds is 4. The summed E-state index contributed by atoms with van der Waals surface area (Å²) in [7, 11) is 1.25. The largest absolute Gasteiger partial charge is 0.467 e. The van der Waals surface area contributed by atoms with Gasteiger partial charge in [-0.1, -0.05) is 12.1 Å². The molecule has 0 aliphatic carbocycles. The van der Waals surface area contributed by atoms with E-state index in [-0.39, 0.29) is 6.42 Å². The highest BCUT2D eigenvalue weighted by Crippen LogP contribution is 2.27. The Kier molecular flexibility index (Phi) is 7.03. The van der Waals surface area contributed by atoms with Gasteiger partial charge in [-0.2, -0.15) is 0 Å². The molecule has 1 aromatic heterocycles. The van der Waals surface area contributed by atoms with Crippen LogP contribution in [0.3, 0.4) is 0 Å². The summed E-state index contributed by atoms with van der Waals surface area (Å²) < 4.78 is 17.1. The van der Waals surface area contributed by atoms with Crippen molar-refractivity contribution in [2.45, 2.75) is 72.1 Å². The van der Waals surface area contributed by atoms with Gasteiger partial charge in [0.2, 0.25) is 0 Å². The number of alkyl carbamates (subject to hydrolysis) is 1. The Morgan fingerprint density at radius 1 is 1.03 bits per heavy atom. The zero-order valence-corrected chi connectivity index (χ0v) is 19.5. The van der Waals surface area contributed by atoms with Gasteiger partial charge in [0.25, 0.3) is 0 Å². The molecule has 0 bridgehead atoms. The van der Waals surface area contributed by atoms with Crippen LogP contribution in [0.1, 0.15) is 52.7 Å². The molecule has 170 valence electrons. The third-order valence-electron chi connectivity index (χ3n) is 4.31. The number of fused-ring (bicyclic) bond motifs is 1. The van der Waals surface area contributed by atoms with Crippen molar-refractivity contribution in [1.82, 2.24) is 9.88 Å². The summed E-state index contributed by atoms with van der Waals surface area (Å²) >= 11 is 0. The topological polar surface area (TPSA) is 95.9 Å². The van der Waals surface area contributed by atoms with Crippen LogP contribution in [0.15, 0.2) is 24.4 Å². The molecule has 0 saturated heterocycles. The predicted octanol–water partition coefficient (Wildman–Crippen LogP) is 4.34. The molecule has 1 aromatic carbocycles. The van der Waals surface area contributed by atoms with Crippen molar-refractivity contribution in [3.8, 4) is 0 Å². The van der Waals surface area contributed by atoms with Crippen molar-refractivity contribution in [1.29, 1.82) is 0 Å². The van der Waals surface area contributed by atoms with Crippen molar-refractivity contribution in [3.05, 3.63) is 35.5 Å². The van der Waals surface area contributed by atoms with Gasteiger partial charge in [0.15, 0.2) is 0 Å². The maximum Gasteiger partial charge on any atom is 0.419 e. The standard InChI is InChI=1S/C23H32N2O6/c1-14-10-9-11-17-18(14)15(13-25(17)21(28)31-23(5,6)7)12-16(19(26)29-8)24-20(27)30-22(2,3)4/h9-11,13,16H,12H2,1-8H3,(H,24,27)/t16-/m1/s1. The van der Waals surface area contributed by atoms with Gasteiger partial charge in [-0.05, 0) is 65.7 Å². The molecule has 0 unspecified atom stereocenters. The molecule has 0 aliphatic heterocycles. The highest BCUT2D eigenvalue weighted by molar-refractivity contribution is 5.94. The normalized spacial score (nSPS) is 12.9. The summed E-state index contributed by atoms with van der Waals surface area (Å²) in [6.07, 6.45) is 0.501. The molecule has 1 atom stereocenters. The third kappa shape index (κ3) is 6.47. The van der Waals surface area contributed by atoms with Gasteiger partial charge in [-0.25, -0.2) is 14.4 Å². The molecular weight excluding hydrogens is 400 g/mol. The Morgan fingerprint density at radius 3 is 2.19 bits per heavy atom. The Bertz CT molecular complexity index is 978. The summed E-state index contributed by atoms with van der Waals surface area (Å²) in [4.78, 5) is 37.4. The van der Waals surface area contributed by atoms with Crippen LogP contribution in [-0.4, -0.2) is 47.1 Å². The van der Waals surface area contributed by atoms with Crippen molar-refractivity contribution in [2.24, 2.45) is 0 Å². The molecule has 0 radical (unpaired) electrons. The summed E-state index contributed by atoms with van der Waals surface area (Å²) in [6.45, 7) is 12.5. The van der Waals surface area contributed by atoms with Crippen LogP contribution in [-0.2, 0) is 25.4 Å². The lowest BCUT2D eigenvalue weighted by Gasteiger charge is -2.22. The molecule has 8 nitrogen and oxygen atoms in total. The van der Waals surface area contributed by atoms with Crippen LogP contribution in [0.5, 0.6) is 0 Å². The monoisotopic (exact) mass is 432 g/mol. The molecule has 8 heteroatoms. The zero-order chi connectivity index (χ0) is 23.6. The molecule has 2 rings (SSSR count). The zero-order valence-electron chi connectivity index (χ0n) is 19.5. The van der Waals surface area contributed by atoms with E-state index in [1.807, 2.05) is 25.1 Å². The number of aromatic nitrogens is 1. The molecule has 1 N–H and O–H groups in total. The van der Waals surface area contributed by atoms with Crippen LogP contribution < -0.4 is 5.32 Å². The molecule has 31 heavy (non-hydrogen) atoms. The van der Waals surface area contributed by atoms with Crippen molar-refractivity contribution < 1.29 is 28.6 Å². The number of benzene rings is 1. The van der Waals surface area contributed by atoms with E-state index in [0.29, 0.717) is 11.1 Å². The number of carbonyl (C=O) groups excluding carboxylic acids is 3. The maximum atomic E-state index is 12.8. The van der Waals surface area contributed by atoms with Gasteiger partial charge in [-0.15, -0.1) is 0 Å². The Balaban J connectivity index is 2.44. The number of hydrogen-bond acceptors (Lipinski definition) is 6. The second kappa shape index (κ2) is 8.99. The van der Waals surface area contributed by atoms with E-state index >= 15 is 0 Å². The van der Waals surface area contributed by atoms with E-state index in [4.69, 9.17) is 14.2 Å². The fourth-order valence-corrected chi connectivity index (χ4v) is 3.18. The second-order valence-corrected chi connectivity index (χ2v) is 9.40. The molecule has 0 spiro atoms. The smallest absolute Gasteiger partial charge is 0.419 e. The molecule has 1 heterocycles. The second-order valence-electron chi connectivity index (χ2n) is 9.40. The minimum Gasteiger partial charge on any atom is -0.467 e. The number of amides is 1. The summed E-state index contributed by atoms with van der Waals surface area (Å²) in [5, 5.41) is 3.39. The molecule has 2 aromatic rings. The number of aryl methyl sites for hydroxylation is 1. The molecule has 0 fully saturated rings. The lowest BCUT2D eigenvalue weighted by atomic mass is 10.0. The van der Waals surface area contributed by atoms with E-state index in [1.54, 1.807) is 47.7 Å². The number of ether oxygens (including phenoxy) is 3. The first kappa shape index (κ1) is 24.2. The van der Waals surface area contributed by atoms with Crippen LogP contribution >= 0.6 is 0 Å². The quantitative estimate of drug-likeness (QED) is 0.570. The van der Waals surface area contributed by atoms with Crippen molar-refractivity contribution >= 4 is 29.1 Å². The molecule has 0 aliphatic rings. The van der Waals surface area contributed by atoms with Crippen molar-refractivity contribution in [3.63, 3.8) is 0 Å². The van der Waals surface area contributed by atoms with Gasteiger partial charge in [-0.3, -0.25) is 4.57 Å². The SMILES string of the molecule is COC(=O)[C@@H](Cc1cn(C(=O)OC(C)(C)C)c2cccc(C)c12)NC(=O)OC(C)(C)C. The third-order valence-corrected chi connectivity index (χ3v) is 4.31. The minimum absolute atomic E-state index is 0.114. The van der Waals surface area contributed by atoms with Gasteiger partial charge < -0.3 is 19.5 Å². The van der Waals surface area contributed by atoms with E-state index in [0.717, 1.165) is 10.9 Å². The predicted molar refractivity (Wildman–Crippen MR) is 117 cm³/mol. The summed E-state index contributed by atoms with van der Waals surface area (Å²) in [5.74, 6) is -0.613. The highest BCUT2D eigenvalue weighted by atomic mass is 16.6. The van der Waals surface area contributed by atoms with Crippen LogP contribution in [0.2, 0.25) is 0 Å². The van der Waals surface area contributed by atoms with E-state index in [2.05, 4.69) is 5.32 Å². The average molecular weight is 433 g/mol.